The number of nitrogens with two attached hydrogens (primary N) is 1. The van der Waals surface area contributed by atoms with Crippen LogP contribution in [0.1, 0.15) is 5.69 Å². The number of rotatable bonds is 3. The Morgan fingerprint density at radius 1 is 0.952 bits per heavy atom. The van der Waals surface area contributed by atoms with Crippen molar-refractivity contribution in [1.82, 2.24) is 4.98 Å². The monoisotopic (exact) mass is 298 g/mol. The highest BCUT2D eigenvalue weighted by molar-refractivity contribution is 7.80. The topological polar surface area (TPSA) is 45.4 Å². The zero-order chi connectivity index (χ0) is 14.7. The van der Waals surface area contributed by atoms with E-state index >= 15 is 0 Å². The summed E-state index contributed by atoms with van der Waals surface area (Å²) in [6, 6.07) is 14.5. The van der Waals surface area contributed by atoms with E-state index in [0.29, 0.717) is 4.99 Å². The molecule has 0 amide bonds. The summed E-state index contributed by atoms with van der Waals surface area (Å²) in [4.78, 5) is 9.37. The van der Waals surface area contributed by atoms with Gasteiger partial charge in [-0.05, 0) is 24.3 Å². The number of pyridine rings is 1. The zero-order valence-corrected chi connectivity index (χ0v) is 12.6. The van der Waals surface area contributed by atoms with Crippen molar-refractivity contribution >= 4 is 28.6 Å². The van der Waals surface area contributed by atoms with Crippen LogP contribution in [0, 0.1) is 0 Å². The van der Waals surface area contributed by atoms with E-state index in [0.717, 1.165) is 37.6 Å². The quantitative estimate of drug-likeness (QED) is 0.879. The SMILES string of the molecule is NC(=S)c1ncccc1N1CCN(c2ccccc2)CC1. The van der Waals surface area contributed by atoms with E-state index in [2.05, 4.69) is 39.0 Å². The largest absolute Gasteiger partial charge is 0.388 e. The average molecular weight is 298 g/mol. The second-order valence-electron chi connectivity index (χ2n) is 5.05. The van der Waals surface area contributed by atoms with Crippen LogP contribution in [0.15, 0.2) is 48.7 Å². The van der Waals surface area contributed by atoms with Gasteiger partial charge >= 0.3 is 0 Å². The summed E-state index contributed by atoms with van der Waals surface area (Å²) < 4.78 is 0. The molecule has 108 valence electrons. The molecule has 21 heavy (non-hydrogen) atoms. The molecule has 5 heteroatoms. The van der Waals surface area contributed by atoms with Gasteiger partial charge in [0.2, 0.25) is 0 Å². The number of benzene rings is 1. The fraction of sp³-hybridized carbons (Fsp3) is 0.250. The van der Waals surface area contributed by atoms with Crippen molar-refractivity contribution in [2.24, 2.45) is 5.73 Å². The first-order valence-electron chi connectivity index (χ1n) is 7.05. The second-order valence-corrected chi connectivity index (χ2v) is 5.48. The molecule has 3 rings (SSSR count). The zero-order valence-electron chi connectivity index (χ0n) is 11.8. The molecule has 2 N–H and O–H groups in total. The lowest BCUT2D eigenvalue weighted by molar-refractivity contribution is 0.652. The Morgan fingerprint density at radius 3 is 2.29 bits per heavy atom. The number of piperazine rings is 1. The summed E-state index contributed by atoms with van der Waals surface area (Å²) in [6.07, 6.45) is 1.73. The van der Waals surface area contributed by atoms with Gasteiger partial charge in [-0.2, -0.15) is 0 Å². The maximum Gasteiger partial charge on any atom is 0.124 e. The third-order valence-corrected chi connectivity index (χ3v) is 3.95. The van der Waals surface area contributed by atoms with Crippen molar-refractivity contribution in [3.63, 3.8) is 0 Å². The molecule has 0 saturated carbocycles. The van der Waals surface area contributed by atoms with Gasteiger partial charge in [0.1, 0.15) is 10.7 Å². The first-order chi connectivity index (χ1) is 10.3. The standard InChI is InChI=1S/C16H18N4S/c17-16(21)15-14(7-4-8-18-15)20-11-9-19(10-12-20)13-5-2-1-3-6-13/h1-8H,9-12H2,(H2,17,21). The third-order valence-electron chi connectivity index (χ3n) is 3.76. The summed E-state index contributed by atoms with van der Waals surface area (Å²) in [7, 11) is 0. The van der Waals surface area contributed by atoms with Crippen LogP contribution < -0.4 is 15.5 Å². The van der Waals surface area contributed by atoms with Crippen LogP contribution in [0.2, 0.25) is 0 Å². The van der Waals surface area contributed by atoms with Gasteiger partial charge in [0.05, 0.1) is 5.69 Å². The second kappa shape index (κ2) is 6.10. The van der Waals surface area contributed by atoms with Crippen LogP contribution in [-0.4, -0.2) is 36.2 Å². The highest BCUT2D eigenvalue weighted by Crippen LogP contribution is 2.22. The fourth-order valence-corrected chi connectivity index (χ4v) is 2.84. The van der Waals surface area contributed by atoms with E-state index in [1.54, 1.807) is 6.20 Å². The lowest BCUT2D eigenvalue weighted by Gasteiger charge is -2.37. The molecule has 1 fully saturated rings. The Morgan fingerprint density at radius 2 is 1.62 bits per heavy atom. The van der Waals surface area contributed by atoms with Crippen molar-refractivity contribution in [2.45, 2.75) is 0 Å². The van der Waals surface area contributed by atoms with Gasteiger partial charge in [-0.1, -0.05) is 30.4 Å². The lowest BCUT2D eigenvalue weighted by Crippen LogP contribution is -2.47. The molecule has 0 atom stereocenters. The predicted octanol–water partition coefficient (Wildman–Crippen LogP) is 2.04. The van der Waals surface area contributed by atoms with Crippen LogP contribution in [0.5, 0.6) is 0 Å². The molecule has 0 unspecified atom stereocenters. The number of hydrogen-bond acceptors (Lipinski definition) is 4. The summed E-state index contributed by atoms with van der Waals surface area (Å²) >= 11 is 5.10. The molecule has 2 heterocycles. The fourth-order valence-electron chi connectivity index (χ4n) is 2.69. The molecule has 1 saturated heterocycles. The maximum atomic E-state index is 5.77. The van der Waals surface area contributed by atoms with Crippen LogP contribution in [0.25, 0.3) is 0 Å². The van der Waals surface area contributed by atoms with E-state index < -0.39 is 0 Å². The number of nitrogens with zero attached hydrogens (tertiary/aromatic N) is 3. The van der Waals surface area contributed by atoms with Crippen molar-refractivity contribution in [1.29, 1.82) is 0 Å². The molecule has 4 nitrogen and oxygen atoms in total. The molecule has 1 aliphatic heterocycles. The lowest BCUT2D eigenvalue weighted by atomic mass is 10.2. The highest BCUT2D eigenvalue weighted by atomic mass is 32.1. The minimum absolute atomic E-state index is 0.357. The third kappa shape index (κ3) is 2.97. The van der Waals surface area contributed by atoms with Crippen LogP contribution in [0.3, 0.4) is 0 Å². The maximum absolute atomic E-state index is 5.77. The number of thiocarbonyl (C=S) groups is 1. The van der Waals surface area contributed by atoms with Crippen molar-refractivity contribution in [3.8, 4) is 0 Å². The minimum Gasteiger partial charge on any atom is -0.388 e. The van der Waals surface area contributed by atoms with Crippen LogP contribution in [0.4, 0.5) is 11.4 Å². The Balaban J connectivity index is 1.73. The van der Waals surface area contributed by atoms with E-state index in [4.69, 9.17) is 18.0 Å². The molecule has 1 aromatic carbocycles. The van der Waals surface area contributed by atoms with Crippen LogP contribution in [-0.2, 0) is 0 Å². The number of para-hydroxylation sites is 1. The summed E-state index contributed by atoms with van der Waals surface area (Å²) in [5.41, 5.74) is 8.81. The molecular weight excluding hydrogens is 280 g/mol. The summed E-state index contributed by atoms with van der Waals surface area (Å²) in [5.74, 6) is 0. The Kier molecular flexibility index (Phi) is 4.01. The predicted molar refractivity (Wildman–Crippen MR) is 91.0 cm³/mol. The van der Waals surface area contributed by atoms with Crippen molar-refractivity contribution < 1.29 is 0 Å². The Bertz CT molecular complexity index is 621. The molecular formula is C16H18N4S. The van der Waals surface area contributed by atoms with E-state index in [9.17, 15) is 0 Å². The Hall–Kier alpha value is -2.14. The molecule has 1 aromatic heterocycles. The molecule has 2 aromatic rings. The van der Waals surface area contributed by atoms with Gasteiger partial charge in [0.15, 0.2) is 0 Å². The molecule has 0 aliphatic carbocycles. The normalized spacial score (nSPS) is 15.0. The van der Waals surface area contributed by atoms with Crippen molar-refractivity contribution in [3.05, 3.63) is 54.4 Å². The smallest absolute Gasteiger partial charge is 0.124 e. The summed E-state index contributed by atoms with van der Waals surface area (Å²) in [6.45, 7) is 3.85. The number of aromatic nitrogens is 1. The van der Waals surface area contributed by atoms with Gasteiger partial charge in [-0.15, -0.1) is 0 Å². The van der Waals surface area contributed by atoms with Gasteiger partial charge in [-0.25, -0.2) is 0 Å². The van der Waals surface area contributed by atoms with Crippen molar-refractivity contribution in [2.75, 3.05) is 36.0 Å². The molecule has 0 spiro atoms. The van der Waals surface area contributed by atoms with Gasteiger partial charge < -0.3 is 15.5 Å². The molecule has 0 radical (unpaired) electrons. The van der Waals surface area contributed by atoms with Crippen LogP contribution >= 0.6 is 12.2 Å². The van der Waals surface area contributed by atoms with Gasteiger partial charge in [0, 0.05) is 38.1 Å². The average Bonchev–Trinajstić information content (AvgIpc) is 2.56. The van der Waals surface area contributed by atoms with E-state index in [-0.39, 0.29) is 0 Å². The Labute approximate surface area is 130 Å². The molecule has 1 aliphatic rings. The first-order valence-corrected chi connectivity index (χ1v) is 7.46. The number of anilines is 2. The number of hydrogen-bond donors (Lipinski definition) is 1. The van der Waals surface area contributed by atoms with Gasteiger partial charge in [-0.3, -0.25) is 4.98 Å². The van der Waals surface area contributed by atoms with E-state index in [1.165, 1.54) is 5.69 Å². The van der Waals surface area contributed by atoms with Gasteiger partial charge in [0.25, 0.3) is 0 Å². The first kappa shape index (κ1) is 13.8. The minimum atomic E-state index is 0.357. The van der Waals surface area contributed by atoms with E-state index in [1.807, 2.05) is 18.2 Å². The highest BCUT2D eigenvalue weighted by Gasteiger charge is 2.20. The molecule has 0 bridgehead atoms. The summed E-state index contributed by atoms with van der Waals surface area (Å²) in [5, 5.41) is 0.